The number of benzene rings is 1. The third-order valence-electron chi connectivity index (χ3n) is 3.02. The van der Waals surface area contributed by atoms with Crippen molar-refractivity contribution in [2.24, 2.45) is 0 Å². The molecule has 2 amide bonds. The first kappa shape index (κ1) is 13.5. The van der Waals surface area contributed by atoms with Gasteiger partial charge in [-0.2, -0.15) is 0 Å². The first-order valence-electron chi connectivity index (χ1n) is 5.79. The first-order valence-corrected chi connectivity index (χ1v) is 6.17. The molecule has 1 aromatic carbocycles. The Kier molecular flexibility index (Phi) is 3.85. The summed E-state index contributed by atoms with van der Waals surface area (Å²) in [5.41, 5.74) is 0.553. The SMILES string of the molecule is O=C([O-])CC(c1ccc(Cl)cc1)N1C(=O)CCC1=O. The average Bonchev–Trinajstić information content (AvgIpc) is 2.67. The predicted octanol–water partition coefficient (Wildman–Crippen LogP) is 0.670. The number of imide groups is 1. The van der Waals surface area contributed by atoms with Gasteiger partial charge in [-0.15, -0.1) is 0 Å². The normalized spacial score (nSPS) is 16.8. The van der Waals surface area contributed by atoms with Crippen LogP contribution in [-0.4, -0.2) is 22.7 Å². The maximum Gasteiger partial charge on any atom is 0.230 e. The molecule has 1 fully saturated rings. The molecule has 0 spiro atoms. The fourth-order valence-electron chi connectivity index (χ4n) is 2.14. The van der Waals surface area contributed by atoms with E-state index < -0.39 is 18.4 Å². The number of hydrogen-bond acceptors (Lipinski definition) is 4. The smallest absolute Gasteiger partial charge is 0.230 e. The van der Waals surface area contributed by atoms with Crippen molar-refractivity contribution in [2.75, 3.05) is 0 Å². The second kappa shape index (κ2) is 5.40. The van der Waals surface area contributed by atoms with Crippen molar-refractivity contribution in [2.45, 2.75) is 25.3 Å². The molecule has 0 saturated carbocycles. The lowest BCUT2D eigenvalue weighted by molar-refractivity contribution is -0.306. The molecule has 1 unspecified atom stereocenters. The van der Waals surface area contributed by atoms with E-state index in [4.69, 9.17) is 11.6 Å². The third-order valence-corrected chi connectivity index (χ3v) is 3.27. The number of carboxylic acid groups (broad SMARTS) is 1. The van der Waals surface area contributed by atoms with E-state index in [-0.39, 0.29) is 24.7 Å². The van der Waals surface area contributed by atoms with Crippen LogP contribution in [0.1, 0.15) is 30.9 Å². The summed E-state index contributed by atoms with van der Waals surface area (Å²) >= 11 is 5.76. The second-order valence-corrected chi connectivity index (χ2v) is 4.74. The molecule has 1 aliphatic heterocycles. The van der Waals surface area contributed by atoms with E-state index >= 15 is 0 Å². The molecule has 1 aromatic rings. The van der Waals surface area contributed by atoms with Crippen LogP contribution in [0.5, 0.6) is 0 Å². The van der Waals surface area contributed by atoms with Gasteiger partial charge in [-0.3, -0.25) is 14.5 Å². The predicted molar refractivity (Wildman–Crippen MR) is 64.9 cm³/mol. The van der Waals surface area contributed by atoms with Crippen LogP contribution in [-0.2, 0) is 14.4 Å². The molecule has 0 N–H and O–H groups in total. The Labute approximate surface area is 114 Å². The van der Waals surface area contributed by atoms with E-state index in [1.54, 1.807) is 24.3 Å². The van der Waals surface area contributed by atoms with Crippen LogP contribution >= 0.6 is 11.6 Å². The van der Waals surface area contributed by atoms with E-state index in [0.717, 1.165) is 4.90 Å². The number of carboxylic acids is 1. The fourth-order valence-corrected chi connectivity index (χ4v) is 2.27. The Balaban J connectivity index is 2.35. The number of aliphatic carboxylic acids is 1. The molecule has 2 rings (SSSR count). The number of halogens is 1. The minimum Gasteiger partial charge on any atom is -0.550 e. The molecule has 0 radical (unpaired) electrons. The highest BCUT2D eigenvalue weighted by Crippen LogP contribution is 2.30. The van der Waals surface area contributed by atoms with E-state index in [1.807, 2.05) is 0 Å². The number of hydrogen-bond donors (Lipinski definition) is 0. The van der Waals surface area contributed by atoms with E-state index in [2.05, 4.69) is 0 Å². The van der Waals surface area contributed by atoms with Gasteiger partial charge in [-0.25, -0.2) is 0 Å². The molecule has 1 atom stereocenters. The van der Waals surface area contributed by atoms with Gasteiger partial charge in [0, 0.05) is 30.3 Å². The quantitative estimate of drug-likeness (QED) is 0.760. The van der Waals surface area contributed by atoms with Crippen LogP contribution in [0.2, 0.25) is 5.02 Å². The fraction of sp³-hybridized carbons (Fsp3) is 0.308. The van der Waals surface area contributed by atoms with Crippen LogP contribution in [0, 0.1) is 0 Å². The molecule has 0 aromatic heterocycles. The molecular weight excluding hydrogens is 270 g/mol. The van der Waals surface area contributed by atoms with Gasteiger partial charge in [-0.05, 0) is 17.7 Å². The molecule has 100 valence electrons. The summed E-state index contributed by atoms with van der Waals surface area (Å²) in [6.07, 6.45) is -0.176. The zero-order valence-corrected chi connectivity index (χ0v) is 10.7. The van der Waals surface area contributed by atoms with Crippen molar-refractivity contribution in [3.63, 3.8) is 0 Å². The van der Waals surface area contributed by atoms with Gasteiger partial charge in [0.1, 0.15) is 0 Å². The minimum absolute atomic E-state index is 0.121. The van der Waals surface area contributed by atoms with Crippen LogP contribution in [0.25, 0.3) is 0 Å². The summed E-state index contributed by atoms with van der Waals surface area (Å²) < 4.78 is 0. The van der Waals surface area contributed by atoms with Crippen LogP contribution < -0.4 is 5.11 Å². The van der Waals surface area contributed by atoms with Gasteiger partial charge in [0.25, 0.3) is 0 Å². The molecule has 0 aliphatic carbocycles. The Morgan fingerprint density at radius 3 is 2.21 bits per heavy atom. The third kappa shape index (κ3) is 2.93. The van der Waals surface area contributed by atoms with E-state index in [0.29, 0.717) is 10.6 Å². The number of rotatable bonds is 4. The summed E-state index contributed by atoms with van der Waals surface area (Å²) in [7, 11) is 0. The highest BCUT2D eigenvalue weighted by atomic mass is 35.5. The van der Waals surface area contributed by atoms with Gasteiger partial charge >= 0.3 is 0 Å². The highest BCUT2D eigenvalue weighted by molar-refractivity contribution is 6.30. The molecule has 1 saturated heterocycles. The van der Waals surface area contributed by atoms with Gasteiger partial charge < -0.3 is 9.90 Å². The van der Waals surface area contributed by atoms with Crippen molar-refractivity contribution in [1.82, 2.24) is 4.90 Å². The summed E-state index contributed by atoms with van der Waals surface area (Å²) in [5.74, 6) is -2.02. The Bertz CT molecular complexity index is 510. The number of likely N-dealkylation sites (tertiary alicyclic amines) is 1. The first-order chi connectivity index (χ1) is 8.99. The van der Waals surface area contributed by atoms with Crippen molar-refractivity contribution in [1.29, 1.82) is 0 Å². The zero-order valence-electron chi connectivity index (χ0n) is 9.97. The van der Waals surface area contributed by atoms with Crippen LogP contribution in [0.3, 0.4) is 0 Å². The van der Waals surface area contributed by atoms with Crippen LogP contribution in [0.15, 0.2) is 24.3 Å². The van der Waals surface area contributed by atoms with Gasteiger partial charge in [0.15, 0.2) is 0 Å². The summed E-state index contributed by atoms with van der Waals surface area (Å²) in [4.78, 5) is 35.3. The lowest BCUT2D eigenvalue weighted by atomic mass is 10.0. The van der Waals surface area contributed by atoms with Gasteiger partial charge in [0.2, 0.25) is 11.8 Å². The largest absolute Gasteiger partial charge is 0.550 e. The molecule has 19 heavy (non-hydrogen) atoms. The Morgan fingerprint density at radius 2 is 1.74 bits per heavy atom. The number of nitrogens with zero attached hydrogens (tertiary/aromatic N) is 1. The Hall–Kier alpha value is -1.88. The zero-order chi connectivity index (χ0) is 14.0. The minimum atomic E-state index is -1.31. The Morgan fingerprint density at radius 1 is 1.21 bits per heavy atom. The maximum absolute atomic E-state index is 11.7. The summed E-state index contributed by atoms with van der Waals surface area (Å²) in [6.45, 7) is 0. The monoisotopic (exact) mass is 280 g/mol. The molecular formula is C13H11ClNO4-. The molecule has 1 heterocycles. The lowest BCUT2D eigenvalue weighted by Crippen LogP contribution is -2.37. The highest BCUT2D eigenvalue weighted by Gasteiger charge is 2.35. The number of carbonyl (C=O) groups is 3. The number of amides is 2. The van der Waals surface area contributed by atoms with Crippen molar-refractivity contribution < 1.29 is 19.5 Å². The maximum atomic E-state index is 11.7. The van der Waals surface area contributed by atoms with E-state index in [1.165, 1.54) is 0 Å². The molecule has 0 bridgehead atoms. The standard InChI is InChI=1S/C13H12ClNO4/c14-9-3-1-8(2-4-9)10(7-13(18)19)15-11(16)5-6-12(15)17/h1-4,10H,5-7H2,(H,18,19)/p-1. The van der Waals surface area contributed by atoms with Gasteiger partial charge in [0.05, 0.1) is 6.04 Å². The number of carbonyl (C=O) groups excluding carboxylic acids is 3. The van der Waals surface area contributed by atoms with E-state index in [9.17, 15) is 19.5 Å². The molecule has 1 aliphatic rings. The van der Waals surface area contributed by atoms with Gasteiger partial charge in [-0.1, -0.05) is 23.7 Å². The molecule has 6 heteroatoms. The van der Waals surface area contributed by atoms with Crippen molar-refractivity contribution in [3.05, 3.63) is 34.9 Å². The summed E-state index contributed by atoms with van der Waals surface area (Å²) in [5, 5.41) is 11.3. The molecule has 5 nitrogen and oxygen atoms in total. The van der Waals surface area contributed by atoms with Crippen molar-refractivity contribution >= 4 is 29.4 Å². The lowest BCUT2D eigenvalue weighted by Gasteiger charge is -2.27. The summed E-state index contributed by atoms with van der Waals surface area (Å²) in [6, 6.07) is 5.56. The average molecular weight is 281 g/mol. The topological polar surface area (TPSA) is 77.5 Å². The second-order valence-electron chi connectivity index (χ2n) is 4.30. The van der Waals surface area contributed by atoms with Crippen molar-refractivity contribution in [3.8, 4) is 0 Å². The van der Waals surface area contributed by atoms with Crippen LogP contribution in [0.4, 0.5) is 0 Å².